The van der Waals surface area contributed by atoms with Crippen molar-refractivity contribution < 1.29 is 19.1 Å². The first-order valence-corrected chi connectivity index (χ1v) is 5.97. The number of rotatable bonds is 7. The molecule has 0 radical (unpaired) electrons. The number of furan rings is 1. The van der Waals surface area contributed by atoms with E-state index in [-0.39, 0.29) is 23.2 Å². The number of aromatic carboxylic acids is 1. The Bertz CT molecular complexity index is 386. The third-order valence-corrected chi connectivity index (χ3v) is 2.70. The number of carboxylic acid groups (broad SMARTS) is 1. The lowest BCUT2D eigenvalue weighted by atomic mass is 9.92. The fourth-order valence-electron chi connectivity index (χ4n) is 1.89. The lowest BCUT2D eigenvalue weighted by Gasteiger charge is -2.11. The van der Waals surface area contributed by atoms with E-state index in [0.717, 1.165) is 25.7 Å². The van der Waals surface area contributed by atoms with E-state index in [1.807, 2.05) is 13.8 Å². The molecule has 1 rings (SSSR count). The number of carboxylic acids is 1. The van der Waals surface area contributed by atoms with Gasteiger partial charge in [0, 0.05) is 5.92 Å². The topological polar surface area (TPSA) is 67.5 Å². The number of ketones is 1. The summed E-state index contributed by atoms with van der Waals surface area (Å²) in [4.78, 5) is 22.7. The van der Waals surface area contributed by atoms with Crippen LogP contribution in [0.2, 0.25) is 0 Å². The van der Waals surface area contributed by atoms with Gasteiger partial charge in [0.1, 0.15) is 0 Å². The summed E-state index contributed by atoms with van der Waals surface area (Å²) in [6.07, 6.45) is 3.50. The molecule has 17 heavy (non-hydrogen) atoms. The monoisotopic (exact) mass is 238 g/mol. The molecule has 0 atom stereocenters. The summed E-state index contributed by atoms with van der Waals surface area (Å²) in [5.41, 5.74) is 0. The highest BCUT2D eigenvalue weighted by Crippen LogP contribution is 2.21. The van der Waals surface area contributed by atoms with E-state index in [0.29, 0.717) is 0 Å². The van der Waals surface area contributed by atoms with Gasteiger partial charge in [-0.2, -0.15) is 0 Å². The van der Waals surface area contributed by atoms with Crippen LogP contribution in [-0.4, -0.2) is 16.9 Å². The molecule has 0 aliphatic heterocycles. The van der Waals surface area contributed by atoms with Crippen molar-refractivity contribution in [2.24, 2.45) is 5.92 Å². The Kier molecular flexibility index (Phi) is 4.94. The largest absolute Gasteiger partial charge is 0.475 e. The summed E-state index contributed by atoms with van der Waals surface area (Å²) in [7, 11) is 0. The van der Waals surface area contributed by atoms with Crippen LogP contribution in [0.15, 0.2) is 16.5 Å². The fourth-order valence-corrected chi connectivity index (χ4v) is 1.89. The van der Waals surface area contributed by atoms with Gasteiger partial charge in [-0.25, -0.2) is 4.79 Å². The molecule has 1 heterocycles. The zero-order valence-electron chi connectivity index (χ0n) is 10.2. The molecule has 4 heteroatoms. The van der Waals surface area contributed by atoms with Crippen LogP contribution in [0, 0.1) is 5.92 Å². The van der Waals surface area contributed by atoms with E-state index in [2.05, 4.69) is 0 Å². The molecule has 1 N–H and O–H groups in total. The maximum absolute atomic E-state index is 12.1. The molecule has 0 aromatic carbocycles. The summed E-state index contributed by atoms with van der Waals surface area (Å²) in [5, 5.41) is 8.72. The number of carbonyl (C=O) groups is 2. The Balaban J connectivity index is 2.81. The van der Waals surface area contributed by atoms with Crippen molar-refractivity contribution in [2.45, 2.75) is 39.5 Å². The molecule has 0 spiro atoms. The van der Waals surface area contributed by atoms with Crippen LogP contribution < -0.4 is 0 Å². The summed E-state index contributed by atoms with van der Waals surface area (Å²) < 4.78 is 5.03. The first kappa shape index (κ1) is 13.5. The Morgan fingerprint density at radius 3 is 2.12 bits per heavy atom. The maximum atomic E-state index is 12.1. The van der Waals surface area contributed by atoms with Gasteiger partial charge in [-0.1, -0.05) is 26.7 Å². The molecule has 1 aromatic rings. The van der Waals surface area contributed by atoms with Crippen molar-refractivity contribution in [1.29, 1.82) is 0 Å². The fraction of sp³-hybridized carbons (Fsp3) is 0.538. The summed E-state index contributed by atoms with van der Waals surface area (Å²) in [6, 6.07) is 2.77. The molecule has 0 aliphatic carbocycles. The van der Waals surface area contributed by atoms with Crippen molar-refractivity contribution in [3.63, 3.8) is 0 Å². The Labute approximate surface area is 101 Å². The standard InChI is InChI=1S/C13H18O4/c1-3-5-9(6-4-2)12(14)10-7-8-11(17-10)13(15)16/h7-9H,3-6H2,1-2H3,(H,15,16). The number of carbonyl (C=O) groups excluding carboxylic acids is 1. The number of hydrogen-bond donors (Lipinski definition) is 1. The smallest absolute Gasteiger partial charge is 0.371 e. The average molecular weight is 238 g/mol. The van der Waals surface area contributed by atoms with E-state index in [1.54, 1.807) is 0 Å². The van der Waals surface area contributed by atoms with E-state index in [9.17, 15) is 9.59 Å². The maximum Gasteiger partial charge on any atom is 0.371 e. The minimum absolute atomic E-state index is 0.0576. The third-order valence-electron chi connectivity index (χ3n) is 2.70. The van der Waals surface area contributed by atoms with Gasteiger partial charge in [0.2, 0.25) is 11.5 Å². The van der Waals surface area contributed by atoms with Crippen LogP contribution in [0.4, 0.5) is 0 Å². The lowest BCUT2D eigenvalue weighted by molar-refractivity contribution is 0.0658. The minimum Gasteiger partial charge on any atom is -0.475 e. The molecule has 0 fully saturated rings. The average Bonchev–Trinajstić information content (AvgIpc) is 2.77. The molecule has 94 valence electrons. The van der Waals surface area contributed by atoms with Gasteiger partial charge < -0.3 is 9.52 Å². The predicted molar refractivity (Wildman–Crippen MR) is 63.3 cm³/mol. The van der Waals surface area contributed by atoms with Crippen LogP contribution in [-0.2, 0) is 0 Å². The SMILES string of the molecule is CCCC(CCC)C(=O)c1ccc(C(=O)O)o1. The number of Topliss-reactive ketones (excluding diaryl/α,β-unsaturated/α-hetero) is 1. The highest BCUT2D eigenvalue weighted by atomic mass is 16.4. The molecular formula is C13H18O4. The summed E-state index contributed by atoms with van der Waals surface area (Å²) in [6.45, 7) is 4.06. The molecule has 0 bridgehead atoms. The van der Waals surface area contributed by atoms with E-state index in [1.165, 1.54) is 12.1 Å². The van der Waals surface area contributed by atoms with Crippen molar-refractivity contribution >= 4 is 11.8 Å². The minimum atomic E-state index is -1.15. The van der Waals surface area contributed by atoms with Crippen LogP contribution >= 0.6 is 0 Å². The van der Waals surface area contributed by atoms with Gasteiger partial charge in [0.05, 0.1) is 0 Å². The Morgan fingerprint density at radius 1 is 1.18 bits per heavy atom. The second-order valence-corrected chi connectivity index (χ2v) is 4.11. The van der Waals surface area contributed by atoms with Crippen LogP contribution in [0.5, 0.6) is 0 Å². The van der Waals surface area contributed by atoms with Crippen molar-refractivity contribution in [1.82, 2.24) is 0 Å². The molecule has 0 saturated heterocycles. The van der Waals surface area contributed by atoms with Crippen LogP contribution in [0.1, 0.15) is 60.6 Å². The van der Waals surface area contributed by atoms with Crippen molar-refractivity contribution in [3.05, 3.63) is 23.7 Å². The van der Waals surface area contributed by atoms with Gasteiger partial charge in [-0.3, -0.25) is 4.79 Å². The van der Waals surface area contributed by atoms with Gasteiger partial charge in [0.15, 0.2) is 5.76 Å². The Morgan fingerprint density at radius 2 is 1.71 bits per heavy atom. The van der Waals surface area contributed by atoms with Crippen molar-refractivity contribution in [3.8, 4) is 0 Å². The van der Waals surface area contributed by atoms with Crippen LogP contribution in [0.25, 0.3) is 0 Å². The molecule has 0 amide bonds. The van der Waals surface area contributed by atoms with Gasteiger partial charge in [0.25, 0.3) is 0 Å². The molecule has 4 nitrogen and oxygen atoms in total. The normalized spacial score (nSPS) is 10.8. The number of hydrogen-bond acceptors (Lipinski definition) is 3. The second-order valence-electron chi connectivity index (χ2n) is 4.11. The summed E-state index contributed by atoms with van der Waals surface area (Å²) in [5.74, 6) is -1.31. The molecular weight excluding hydrogens is 220 g/mol. The zero-order chi connectivity index (χ0) is 12.8. The predicted octanol–water partition coefficient (Wildman–Crippen LogP) is 3.38. The van der Waals surface area contributed by atoms with Gasteiger partial charge in [-0.05, 0) is 25.0 Å². The first-order valence-electron chi connectivity index (χ1n) is 5.97. The van der Waals surface area contributed by atoms with E-state index < -0.39 is 5.97 Å². The van der Waals surface area contributed by atoms with Gasteiger partial charge >= 0.3 is 5.97 Å². The van der Waals surface area contributed by atoms with Crippen LogP contribution in [0.3, 0.4) is 0 Å². The lowest BCUT2D eigenvalue weighted by Crippen LogP contribution is -2.14. The third kappa shape index (κ3) is 3.44. The molecule has 0 aliphatic rings. The van der Waals surface area contributed by atoms with Gasteiger partial charge in [-0.15, -0.1) is 0 Å². The first-order chi connectivity index (χ1) is 8.10. The van der Waals surface area contributed by atoms with E-state index in [4.69, 9.17) is 9.52 Å². The second kappa shape index (κ2) is 6.23. The molecule has 1 aromatic heterocycles. The highest BCUT2D eigenvalue weighted by molar-refractivity contribution is 5.96. The molecule has 0 saturated carbocycles. The highest BCUT2D eigenvalue weighted by Gasteiger charge is 2.22. The molecule has 0 unspecified atom stereocenters. The Hall–Kier alpha value is -1.58. The quantitative estimate of drug-likeness (QED) is 0.739. The van der Waals surface area contributed by atoms with E-state index >= 15 is 0 Å². The van der Waals surface area contributed by atoms with Crippen molar-refractivity contribution in [2.75, 3.05) is 0 Å². The summed E-state index contributed by atoms with van der Waals surface area (Å²) >= 11 is 0. The zero-order valence-corrected chi connectivity index (χ0v) is 10.2.